The number of rotatable bonds is 5. The molecule has 0 saturated heterocycles. The van der Waals surface area contributed by atoms with Crippen molar-refractivity contribution in [3.8, 4) is 0 Å². The second-order valence-electron chi connectivity index (χ2n) is 4.11. The quantitative estimate of drug-likeness (QED) is 0.459. The Kier molecular flexibility index (Phi) is 5.67. The van der Waals surface area contributed by atoms with Gasteiger partial charge in [-0.3, -0.25) is 9.36 Å². The first-order chi connectivity index (χ1) is 8.62. The molecule has 0 saturated carbocycles. The Hall–Kier alpha value is -0.800. The van der Waals surface area contributed by atoms with Crippen LogP contribution in [0, 0.1) is 0 Å². The predicted molar refractivity (Wildman–Crippen MR) is 52.8 cm³/mol. The summed E-state index contributed by atoms with van der Waals surface area (Å²) in [6, 6.07) is 0. The molecule has 0 radical (unpaired) electrons. The van der Waals surface area contributed by atoms with E-state index < -0.39 is 50.3 Å². The van der Waals surface area contributed by atoms with Crippen molar-refractivity contribution in [1.82, 2.24) is 0 Å². The van der Waals surface area contributed by atoms with Crippen LogP contribution in [0.3, 0.4) is 0 Å². The van der Waals surface area contributed by atoms with E-state index in [0.717, 1.165) is 0 Å². The van der Waals surface area contributed by atoms with Crippen LogP contribution in [0.1, 0.15) is 19.3 Å². The minimum atomic E-state index is -5.91. The highest BCUT2D eigenvalue weighted by Crippen LogP contribution is 2.61. The van der Waals surface area contributed by atoms with Gasteiger partial charge in [0.1, 0.15) is 0 Å². The van der Waals surface area contributed by atoms with Gasteiger partial charge in [0.2, 0.25) is 0 Å². The number of hydrogen-bond acceptors (Lipinski definition) is 3. The topological polar surface area (TPSA) is 83.8 Å². The summed E-state index contributed by atoms with van der Waals surface area (Å²) in [5, 5.41) is -3.63. The van der Waals surface area contributed by atoms with E-state index in [9.17, 15) is 35.7 Å². The fourth-order valence-corrected chi connectivity index (χ4v) is 2.69. The third-order valence-corrected chi connectivity index (χ3v) is 4.09. The van der Waals surface area contributed by atoms with E-state index in [0.29, 0.717) is 7.11 Å². The van der Waals surface area contributed by atoms with E-state index in [1.807, 2.05) is 0 Å². The third-order valence-electron chi connectivity index (χ3n) is 2.38. The molecule has 0 aliphatic carbocycles. The monoisotopic (exact) mass is 332 g/mol. The molecule has 0 amide bonds. The Labute approximate surface area is 109 Å². The molecule has 0 atom stereocenters. The van der Waals surface area contributed by atoms with Crippen LogP contribution >= 0.6 is 7.60 Å². The molecule has 0 aliphatic rings. The van der Waals surface area contributed by atoms with Crippen LogP contribution in [-0.2, 0) is 14.1 Å². The zero-order valence-corrected chi connectivity index (χ0v) is 10.8. The number of esters is 1. The fourth-order valence-electron chi connectivity index (χ4n) is 1.58. The first-order valence-corrected chi connectivity index (χ1v) is 6.49. The van der Waals surface area contributed by atoms with Crippen molar-refractivity contribution in [3.05, 3.63) is 0 Å². The predicted octanol–water partition coefficient (Wildman–Crippen LogP) is 2.37. The molecule has 0 aromatic carbocycles. The molecule has 5 nitrogen and oxygen atoms in total. The Morgan fingerprint density at radius 2 is 1.40 bits per heavy atom. The first-order valence-electron chi connectivity index (χ1n) is 4.88. The molecule has 0 aliphatic heterocycles. The molecular formula is C8H11F6O5P. The van der Waals surface area contributed by atoms with Crippen molar-refractivity contribution < 1.29 is 50.2 Å². The third kappa shape index (κ3) is 6.10. The summed E-state index contributed by atoms with van der Waals surface area (Å²) in [5.41, 5.74) is 0. The van der Waals surface area contributed by atoms with Crippen molar-refractivity contribution in [3.63, 3.8) is 0 Å². The lowest BCUT2D eigenvalue weighted by atomic mass is 9.95. The minimum Gasteiger partial charge on any atom is -0.469 e. The molecule has 0 heterocycles. The van der Waals surface area contributed by atoms with Crippen LogP contribution < -0.4 is 0 Å². The molecule has 0 rings (SSSR count). The second kappa shape index (κ2) is 5.90. The summed E-state index contributed by atoms with van der Waals surface area (Å²) in [6.07, 6.45) is -17.2. The number of alkyl halides is 6. The average molecular weight is 332 g/mol. The molecule has 0 spiro atoms. The van der Waals surface area contributed by atoms with Crippen molar-refractivity contribution >= 4 is 13.6 Å². The maximum atomic E-state index is 12.3. The molecule has 12 heteroatoms. The van der Waals surface area contributed by atoms with Gasteiger partial charge in [-0.2, -0.15) is 26.3 Å². The molecule has 0 fully saturated rings. The van der Waals surface area contributed by atoms with Gasteiger partial charge in [0.25, 0.3) is 0 Å². The van der Waals surface area contributed by atoms with Crippen LogP contribution in [0.2, 0.25) is 0 Å². The number of methoxy groups -OCH3 is 1. The zero-order chi connectivity index (χ0) is 16.4. The number of halogens is 6. The van der Waals surface area contributed by atoms with Crippen LogP contribution in [0.25, 0.3) is 0 Å². The Morgan fingerprint density at radius 3 is 1.60 bits per heavy atom. The number of hydrogen-bond donors (Lipinski definition) is 2. The smallest absolute Gasteiger partial charge is 0.390 e. The highest BCUT2D eigenvalue weighted by molar-refractivity contribution is 7.53. The van der Waals surface area contributed by atoms with Crippen molar-refractivity contribution in [2.75, 3.05) is 7.11 Å². The van der Waals surface area contributed by atoms with Gasteiger partial charge in [-0.15, -0.1) is 0 Å². The van der Waals surface area contributed by atoms with Crippen LogP contribution in [0.15, 0.2) is 0 Å². The lowest BCUT2D eigenvalue weighted by molar-refractivity contribution is -0.173. The normalized spacial score (nSPS) is 14.2. The van der Waals surface area contributed by atoms with E-state index in [-0.39, 0.29) is 0 Å². The SMILES string of the molecule is COC(=O)CC(CC(F)(F)F)(CC(F)(F)F)P(=O)(O)O. The number of carbonyl (C=O) groups is 1. The highest BCUT2D eigenvalue weighted by atomic mass is 31.2. The van der Waals surface area contributed by atoms with Gasteiger partial charge in [-0.1, -0.05) is 0 Å². The van der Waals surface area contributed by atoms with Gasteiger partial charge >= 0.3 is 25.9 Å². The van der Waals surface area contributed by atoms with Gasteiger partial charge in [0.05, 0.1) is 31.5 Å². The maximum Gasteiger partial charge on any atom is 0.390 e. The van der Waals surface area contributed by atoms with Gasteiger partial charge in [0, 0.05) is 0 Å². The van der Waals surface area contributed by atoms with E-state index in [1.165, 1.54) is 0 Å². The Balaban J connectivity index is 5.78. The van der Waals surface area contributed by atoms with Crippen LogP contribution in [0.4, 0.5) is 26.3 Å². The van der Waals surface area contributed by atoms with Crippen LogP contribution in [0.5, 0.6) is 0 Å². The van der Waals surface area contributed by atoms with E-state index in [2.05, 4.69) is 4.74 Å². The lowest BCUT2D eigenvalue weighted by Crippen LogP contribution is -2.41. The lowest BCUT2D eigenvalue weighted by Gasteiger charge is -2.34. The average Bonchev–Trinajstić information content (AvgIpc) is 2.09. The van der Waals surface area contributed by atoms with E-state index in [4.69, 9.17) is 9.79 Å². The highest BCUT2D eigenvalue weighted by Gasteiger charge is 2.59. The van der Waals surface area contributed by atoms with Gasteiger partial charge in [-0.25, -0.2) is 0 Å². The van der Waals surface area contributed by atoms with E-state index >= 15 is 0 Å². The molecule has 120 valence electrons. The first kappa shape index (κ1) is 19.2. The number of ether oxygens (including phenoxy) is 1. The fraction of sp³-hybridized carbons (Fsp3) is 0.875. The summed E-state index contributed by atoms with van der Waals surface area (Å²) < 4.78 is 89.1. The Morgan fingerprint density at radius 1 is 1.05 bits per heavy atom. The molecule has 0 bridgehead atoms. The summed E-state index contributed by atoms with van der Waals surface area (Å²) in [6.45, 7) is 0. The van der Waals surface area contributed by atoms with Crippen molar-refractivity contribution in [2.24, 2.45) is 0 Å². The molecule has 20 heavy (non-hydrogen) atoms. The molecule has 2 N–H and O–H groups in total. The van der Waals surface area contributed by atoms with Crippen LogP contribution in [-0.4, -0.2) is 40.4 Å². The van der Waals surface area contributed by atoms with Gasteiger partial charge in [0.15, 0.2) is 0 Å². The maximum absolute atomic E-state index is 12.3. The Bertz CT molecular complexity index is 381. The molecule has 0 aromatic heterocycles. The van der Waals surface area contributed by atoms with Gasteiger partial charge in [-0.05, 0) is 0 Å². The molecule has 0 aromatic rings. The minimum absolute atomic E-state index is 0.675. The summed E-state index contributed by atoms with van der Waals surface area (Å²) in [7, 11) is -5.23. The summed E-state index contributed by atoms with van der Waals surface area (Å²) in [5.74, 6) is -1.58. The summed E-state index contributed by atoms with van der Waals surface area (Å²) >= 11 is 0. The molecular weight excluding hydrogens is 321 g/mol. The van der Waals surface area contributed by atoms with Crippen molar-refractivity contribution in [1.29, 1.82) is 0 Å². The standard InChI is InChI=1S/C8H11F6O5P/c1-19-5(15)2-6(20(16,17)18,3-7(9,10)11)4-8(12,13)14/h2-4H2,1H3,(H2,16,17,18). The largest absolute Gasteiger partial charge is 0.469 e. The van der Waals surface area contributed by atoms with Gasteiger partial charge < -0.3 is 14.5 Å². The van der Waals surface area contributed by atoms with E-state index in [1.54, 1.807) is 0 Å². The second-order valence-corrected chi connectivity index (χ2v) is 6.14. The molecule has 0 unspecified atom stereocenters. The van der Waals surface area contributed by atoms with Crippen molar-refractivity contribution in [2.45, 2.75) is 36.8 Å². The zero-order valence-electron chi connectivity index (χ0n) is 9.96. The summed E-state index contributed by atoms with van der Waals surface area (Å²) in [4.78, 5) is 28.8. The number of carbonyl (C=O) groups excluding carboxylic acids is 1.